The van der Waals surface area contributed by atoms with Crippen molar-refractivity contribution < 1.29 is 9.68 Å². The number of benzene rings is 5. The number of rotatable bonds is 7. The first kappa shape index (κ1) is 21.6. The van der Waals surface area contributed by atoms with E-state index in [2.05, 4.69) is 102 Å². The molecule has 0 atom stereocenters. The molecule has 1 N–H and O–H groups in total. The summed E-state index contributed by atoms with van der Waals surface area (Å²) < 4.78 is 5.09. The van der Waals surface area contributed by atoms with E-state index in [1.54, 1.807) is 0 Å². The van der Waals surface area contributed by atoms with Crippen molar-refractivity contribution >= 4 is 24.7 Å². The summed E-state index contributed by atoms with van der Waals surface area (Å²) in [7, 11) is 0.692. The second kappa shape index (κ2) is 10.1. The highest BCUT2D eigenvalue weighted by atomic mass is 16.5. The zero-order valence-corrected chi connectivity index (χ0v) is 18.6. The van der Waals surface area contributed by atoms with Gasteiger partial charge in [-0.1, -0.05) is 84.9 Å². The molecule has 0 saturated carbocycles. The highest BCUT2D eigenvalue weighted by Gasteiger charge is 2.13. The first-order valence-corrected chi connectivity index (χ1v) is 11.2. The van der Waals surface area contributed by atoms with Gasteiger partial charge in [0.05, 0.1) is 0 Å². The summed E-state index contributed by atoms with van der Waals surface area (Å²) in [6.07, 6.45) is 0. The van der Waals surface area contributed by atoms with E-state index < -0.39 is 0 Å². The van der Waals surface area contributed by atoms with Crippen LogP contribution < -0.4 is 9.55 Å². The van der Waals surface area contributed by atoms with Crippen molar-refractivity contribution in [2.75, 3.05) is 4.90 Å². The molecule has 0 heterocycles. The third-order valence-electron chi connectivity index (χ3n) is 5.75. The number of hydrogen-bond acceptors (Lipinski definition) is 3. The van der Waals surface area contributed by atoms with Gasteiger partial charge >= 0.3 is 7.69 Å². The summed E-state index contributed by atoms with van der Waals surface area (Å²) in [6.45, 7) is 0. The molecule has 0 fully saturated rings. The van der Waals surface area contributed by atoms with Gasteiger partial charge in [0.25, 0.3) is 0 Å². The fourth-order valence-corrected chi connectivity index (χ4v) is 4.05. The Morgan fingerprint density at radius 2 is 0.794 bits per heavy atom. The molecule has 34 heavy (non-hydrogen) atoms. The molecular weight excluding hydrogens is 417 g/mol. The van der Waals surface area contributed by atoms with Crippen molar-refractivity contribution in [1.29, 1.82) is 0 Å². The summed E-state index contributed by atoms with van der Waals surface area (Å²) in [4.78, 5) is 2.20. The molecule has 0 aliphatic carbocycles. The third kappa shape index (κ3) is 4.73. The summed E-state index contributed by atoms with van der Waals surface area (Å²) >= 11 is 0. The zero-order valence-electron chi connectivity index (χ0n) is 18.6. The molecule has 1 radical (unpaired) electrons. The maximum atomic E-state index is 8.94. The van der Waals surface area contributed by atoms with Gasteiger partial charge in [0.2, 0.25) is 0 Å². The maximum Gasteiger partial charge on any atom is 0.569 e. The van der Waals surface area contributed by atoms with Gasteiger partial charge in [-0.25, -0.2) is 0 Å². The van der Waals surface area contributed by atoms with Gasteiger partial charge in [0, 0.05) is 17.1 Å². The van der Waals surface area contributed by atoms with Crippen molar-refractivity contribution in [2.45, 2.75) is 0 Å². The highest BCUT2D eigenvalue weighted by molar-refractivity contribution is 6.17. The minimum Gasteiger partial charge on any atom is -0.537 e. The van der Waals surface area contributed by atoms with Crippen LogP contribution in [0.25, 0.3) is 22.3 Å². The second-order valence-electron chi connectivity index (χ2n) is 7.88. The largest absolute Gasteiger partial charge is 0.569 e. The Kier molecular flexibility index (Phi) is 6.41. The van der Waals surface area contributed by atoms with Crippen molar-refractivity contribution in [1.82, 2.24) is 0 Å². The summed E-state index contributed by atoms with van der Waals surface area (Å²) in [6, 6.07) is 45.5. The molecule has 0 amide bonds. The van der Waals surface area contributed by atoms with E-state index in [1.807, 2.05) is 36.4 Å². The molecule has 5 rings (SSSR count). The Balaban J connectivity index is 1.52. The van der Waals surface area contributed by atoms with Crippen molar-refractivity contribution in [3.63, 3.8) is 0 Å². The lowest BCUT2D eigenvalue weighted by Crippen LogP contribution is -2.10. The lowest BCUT2D eigenvalue weighted by molar-refractivity contribution is 0.454. The molecular formula is C30H23BNO2. The molecule has 0 aliphatic heterocycles. The predicted octanol–water partition coefficient (Wildman–Crippen LogP) is 7.40. The maximum absolute atomic E-state index is 8.94. The van der Waals surface area contributed by atoms with Crippen LogP contribution in [0.5, 0.6) is 5.75 Å². The van der Waals surface area contributed by atoms with Crippen LogP contribution in [-0.2, 0) is 0 Å². The molecule has 0 spiro atoms. The summed E-state index contributed by atoms with van der Waals surface area (Å²) in [5, 5.41) is 8.94. The van der Waals surface area contributed by atoms with Crippen LogP contribution in [0.4, 0.5) is 17.1 Å². The van der Waals surface area contributed by atoms with E-state index in [0.29, 0.717) is 13.4 Å². The predicted molar refractivity (Wildman–Crippen MR) is 141 cm³/mol. The van der Waals surface area contributed by atoms with Crippen molar-refractivity contribution in [2.24, 2.45) is 0 Å². The Morgan fingerprint density at radius 3 is 1.18 bits per heavy atom. The molecule has 0 unspecified atom stereocenters. The molecule has 0 bridgehead atoms. The van der Waals surface area contributed by atoms with E-state index in [4.69, 9.17) is 9.68 Å². The van der Waals surface area contributed by atoms with Crippen LogP contribution in [0.15, 0.2) is 133 Å². The smallest absolute Gasteiger partial charge is 0.537 e. The lowest BCUT2D eigenvalue weighted by Gasteiger charge is -2.26. The van der Waals surface area contributed by atoms with Gasteiger partial charge in [0.15, 0.2) is 0 Å². The van der Waals surface area contributed by atoms with Crippen LogP contribution >= 0.6 is 0 Å². The SMILES string of the molecule is O[B]Oc1ccc(N(c2ccc(-c3ccccc3)cc2)c2ccc(-c3ccccc3)cc2)cc1. The van der Waals surface area contributed by atoms with Crippen LogP contribution in [0.2, 0.25) is 0 Å². The van der Waals surface area contributed by atoms with E-state index in [1.165, 1.54) is 22.3 Å². The topological polar surface area (TPSA) is 32.7 Å². The van der Waals surface area contributed by atoms with Gasteiger partial charge < -0.3 is 14.6 Å². The molecule has 163 valence electrons. The van der Waals surface area contributed by atoms with E-state index in [9.17, 15) is 0 Å². The Hall–Kier alpha value is -4.28. The molecule has 0 saturated heterocycles. The Morgan fingerprint density at radius 1 is 0.441 bits per heavy atom. The van der Waals surface area contributed by atoms with E-state index in [0.717, 1.165) is 17.1 Å². The van der Waals surface area contributed by atoms with Gasteiger partial charge in [0.1, 0.15) is 5.75 Å². The van der Waals surface area contributed by atoms with Crippen LogP contribution in [0, 0.1) is 0 Å². The first-order chi connectivity index (χ1) is 16.8. The van der Waals surface area contributed by atoms with Crippen LogP contribution in [0.1, 0.15) is 0 Å². The first-order valence-electron chi connectivity index (χ1n) is 11.2. The average Bonchev–Trinajstić information content (AvgIpc) is 2.92. The van der Waals surface area contributed by atoms with Crippen LogP contribution in [0.3, 0.4) is 0 Å². The van der Waals surface area contributed by atoms with Crippen molar-refractivity contribution in [3.05, 3.63) is 133 Å². The number of hydrogen-bond donors (Lipinski definition) is 1. The molecule has 4 heteroatoms. The monoisotopic (exact) mass is 440 g/mol. The lowest BCUT2D eigenvalue weighted by atomic mass is 10.0. The zero-order chi connectivity index (χ0) is 23.2. The molecule has 5 aromatic rings. The fraction of sp³-hybridized carbons (Fsp3) is 0. The van der Waals surface area contributed by atoms with Gasteiger partial charge in [-0.3, -0.25) is 0 Å². The highest BCUT2D eigenvalue weighted by Crippen LogP contribution is 2.37. The standard InChI is InChI=1S/C30H23BNO2/c33-31-34-30-21-19-29(20-22-30)32(27-15-11-25(12-16-27)23-7-3-1-4-8-23)28-17-13-26(14-18-28)24-9-5-2-6-10-24/h1-22,33H. The van der Waals surface area contributed by atoms with E-state index in [-0.39, 0.29) is 0 Å². The van der Waals surface area contributed by atoms with Gasteiger partial charge in [-0.2, -0.15) is 0 Å². The molecule has 5 aromatic carbocycles. The summed E-state index contributed by atoms with van der Waals surface area (Å²) in [5.41, 5.74) is 7.82. The van der Waals surface area contributed by atoms with Crippen molar-refractivity contribution in [3.8, 4) is 28.0 Å². The Bertz CT molecular complexity index is 1240. The summed E-state index contributed by atoms with van der Waals surface area (Å²) in [5.74, 6) is 0.574. The minimum atomic E-state index is 0.574. The fourth-order valence-electron chi connectivity index (χ4n) is 4.05. The van der Waals surface area contributed by atoms with E-state index >= 15 is 0 Å². The normalized spacial score (nSPS) is 10.5. The second-order valence-corrected chi connectivity index (χ2v) is 7.88. The molecule has 0 aromatic heterocycles. The van der Waals surface area contributed by atoms with Gasteiger partial charge in [-0.15, -0.1) is 0 Å². The Labute approximate surface area is 200 Å². The number of nitrogens with zero attached hydrogens (tertiary/aromatic N) is 1. The third-order valence-corrected chi connectivity index (χ3v) is 5.75. The minimum absolute atomic E-state index is 0.574. The quantitative estimate of drug-likeness (QED) is 0.268. The molecule has 0 aliphatic rings. The van der Waals surface area contributed by atoms with Gasteiger partial charge in [-0.05, 0) is 70.8 Å². The van der Waals surface area contributed by atoms with Crippen LogP contribution in [-0.4, -0.2) is 12.7 Å². The number of anilines is 3. The average molecular weight is 440 g/mol. The molecule has 3 nitrogen and oxygen atoms in total.